The number of carbonyl (C=O) groups excluding carboxylic acids is 3. The predicted molar refractivity (Wildman–Crippen MR) is 101 cm³/mol. The van der Waals surface area contributed by atoms with Crippen LogP contribution in [0.3, 0.4) is 0 Å². The molecule has 0 atom stereocenters. The molecule has 0 bridgehead atoms. The number of amides is 2. The van der Waals surface area contributed by atoms with E-state index in [0.29, 0.717) is 38.8 Å². The Morgan fingerprint density at radius 3 is 1.84 bits per heavy atom. The van der Waals surface area contributed by atoms with Gasteiger partial charge in [0.15, 0.2) is 0 Å². The van der Waals surface area contributed by atoms with Crippen LogP contribution in [0.2, 0.25) is 0 Å². The SMILES string of the molecule is C=CNCCCCCC(=O)NCCCC(=O)NCCCCCC(C)=O. The normalized spacial score (nSPS) is 10.1. The number of rotatable bonds is 17. The molecule has 0 rings (SSSR count). The van der Waals surface area contributed by atoms with E-state index in [1.165, 1.54) is 0 Å². The lowest BCUT2D eigenvalue weighted by Gasteiger charge is -2.07. The number of hydrogen-bond donors (Lipinski definition) is 3. The third kappa shape index (κ3) is 18.3. The predicted octanol–water partition coefficient (Wildman–Crippen LogP) is 2.44. The van der Waals surface area contributed by atoms with Gasteiger partial charge in [-0.15, -0.1) is 0 Å². The molecule has 6 nitrogen and oxygen atoms in total. The maximum atomic E-state index is 11.6. The molecule has 0 aliphatic carbocycles. The van der Waals surface area contributed by atoms with Gasteiger partial charge in [0.25, 0.3) is 0 Å². The zero-order chi connectivity index (χ0) is 18.8. The van der Waals surface area contributed by atoms with Crippen LogP contribution in [-0.2, 0) is 14.4 Å². The third-order valence-electron chi connectivity index (χ3n) is 3.80. The van der Waals surface area contributed by atoms with Gasteiger partial charge >= 0.3 is 0 Å². The molecule has 2 amide bonds. The fourth-order valence-corrected chi connectivity index (χ4v) is 2.35. The second-order valence-electron chi connectivity index (χ2n) is 6.29. The highest BCUT2D eigenvalue weighted by Crippen LogP contribution is 2.00. The minimum absolute atomic E-state index is 0.0236. The monoisotopic (exact) mass is 353 g/mol. The highest BCUT2D eigenvalue weighted by molar-refractivity contribution is 5.77. The van der Waals surface area contributed by atoms with Crippen LogP contribution in [0.1, 0.15) is 71.1 Å². The van der Waals surface area contributed by atoms with Crippen molar-refractivity contribution >= 4 is 17.6 Å². The summed E-state index contributed by atoms with van der Waals surface area (Å²) in [6.45, 7) is 7.28. The summed E-state index contributed by atoms with van der Waals surface area (Å²) in [7, 11) is 0. The van der Waals surface area contributed by atoms with Crippen molar-refractivity contribution in [2.24, 2.45) is 0 Å². The molecule has 0 unspecified atom stereocenters. The number of carbonyl (C=O) groups is 3. The second-order valence-corrected chi connectivity index (χ2v) is 6.29. The second kappa shape index (κ2) is 17.0. The topological polar surface area (TPSA) is 87.3 Å². The van der Waals surface area contributed by atoms with E-state index in [4.69, 9.17) is 0 Å². The number of hydrogen-bond acceptors (Lipinski definition) is 4. The Labute approximate surface area is 152 Å². The van der Waals surface area contributed by atoms with E-state index >= 15 is 0 Å². The zero-order valence-corrected chi connectivity index (χ0v) is 15.7. The van der Waals surface area contributed by atoms with Gasteiger partial charge in [-0.3, -0.25) is 9.59 Å². The van der Waals surface area contributed by atoms with Crippen LogP contribution in [0.4, 0.5) is 0 Å². The lowest BCUT2D eigenvalue weighted by atomic mass is 10.1. The molecule has 0 aliphatic heterocycles. The molecule has 0 heterocycles. The Morgan fingerprint density at radius 2 is 1.24 bits per heavy atom. The van der Waals surface area contributed by atoms with Crippen molar-refractivity contribution in [2.75, 3.05) is 19.6 Å². The Bertz CT molecular complexity index is 397. The Morgan fingerprint density at radius 1 is 0.720 bits per heavy atom. The summed E-state index contributed by atoms with van der Waals surface area (Å²) in [5.41, 5.74) is 0. The van der Waals surface area contributed by atoms with Gasteiger partial charge in [0.05, 0.1) is 0 Å². The lowest BCUT2D eigenvalue weighted by molar-refractivity contribution is -0.123. The molecule has 0 aromatic carbocycles. The fraction of sp³-hybridized carbons (Fsp3) is 0.737. The Kier molecular flexibility index (Phi) is 15.7. The van der Waals surface area contributed by atoms with Gasteiger partial charge in [-0.2, -0.15) is 0 Å². The molecule has 0 aromatic heterocycles. The van der Waals surface area contributed by atoms with E-state index in [1.54, 1.807) is 13.1 Å². The van der Waals surface area contributed by atoms with Crippen LogP contribution in [0.25, 0.3) is 0 Å². The number of nitrogens with one attached hydrogen (secondary N) is 3. The molecule has 144 valence electrons. The maximum Gasteiger partial charge on any atom is 0.220 e. The first kappa shape index (κ1) is 23.1. The Balaban J connectivity index is 3.36. The summed E-state index contributed by atoms with van der Waals surface area (Å²) in [4.78, 5) is 34.0. The van der Waals surface area contributed by atoms with E-state index in [-0.39, 0.29) is 17.6 Å². The average Bonchev–Trinajstić information content (AvgIpc) is 2.57. The van der Waals surface area contributed by atoms with Crippen molar-refractivity contribution in [1.82, 2.24) is 16.0 Å². The third-order valence-corrected chi connectivity index (χ3v) is 3.80. The van der Waals surface area contributed by atoms with Gasteiger partial charge in [0.1, 0.15) is 5.78 Å². The molecule has 0 saturated heterocycles. The maximum absolute atomic E-state index is 11.6. The molecule has 0 fully saturated rings. The minimum atomic E-state index is 0.0236. The summed E-state index contributed by atoms with van der Waals surface area (Å²) in [5.74, 6) is 0.300. The van der Waals surface area contributed by atoms with E-state index < -0.39 is 0 Å². The zero-order valence-electron chi connectivity index (χ0n) is 15.7. The van der Waals surface area contributed by atoms with Crippen LogP contribution >= 0.6 is 0 Å². The van der Waals surface area contributed by atoms with Gasteiger partial charge in [0.2, 0.25) is 11.8 Å². The van der Waals surface area contributed by atoms with Gasteiger partial charge < -0.3 is 20.7 Å². The van der Waals surface area contributed by atoms with E-state index in [9.17, 15) is 14.4 Å². The molecule has 3 N–H and O–H groups in total. The molecule has 6 heteroatoms. The van der Waals surface area contributed by atoms with Crippen LogP contribution < -0.4 is 16.0 Å². The molecular formula is C19H35N3O3. The lowest BCUT2D eigenvalue weighted by Crippen LogP contribution is -2.27. The molecule has 0 saturated carbocycles. The first-order valence-electron chi connectivity index (χ1n) is 9.43. The van der Waals surface area contributed by atoms with Crippen LogP contribution in [0.15, 0.2) is 12.8 Å². The summed E-state index contributed by atoms with van der Waals surface area (Å²) in [5, 5.41) is 8.75. The highest BCUT2D eigenvalue weighted by Gasteiger charge is 2.03. The first-order chi connectivity index (χ1) is 12.1. The van der Waals surface area contributed by atoms with E-state index in [2.05, 4.69) is 22.5 Å². The summed E-state index contributed by atoms with van der Waals surface area (Å²) < 4.78 is 0. The molecular weight excluding hydrogens is 318 g/mol. The van der Waals surface area contributed by atoms with Crippen LogP contribution in [-0.4, -0.2) is 37.2 Å². The average molecular weight is 354 g/mol. The van der Waals surface area contributed by atoms with Gasteiger partial charge in [-0.25, -0.2) is 0 Å². The van der Waals surface area contributed by atoms with Gasteiger partial charge in [0, 0.05) is 38.9 Å². The first-order valence-corrected chi connectivity index (χ1v) is 9.43. The standard InChI is InChI=1S/C19H35N3O3/c1-3-20-14-8-5-7-12-18(24)22-16-10-13-19(25)21-15-9-4-6-11-17(2)23/h3,20H,1,4-16H2,2H3,(H,21,25)(H,22,24). The summed E-state index contributed by atoms with van der Waals surface area (Å²) in [6.07, 6.45) is 9.62. The van der Waals surface area contributed by atoms with Crippen molar-refractivity contribution in [3.63, 3.8) is 0 Å². The molecule has 25 heavy (non-hydrogen) atoms. The van der Waals surface area contributed by atoms with Crippen molar-refractivity contribution in [3.8, 4) is 0 Å². The van der Waals surface area contributed by atoms with E-state index in [1.807, 2.05) is 0 Å². The van der Waals surface area contributed by atoms with Crippen molar-refractivity contribution in [1.29, 1.82) is 0 Å². The highest BCUT2D eigenvalue weighted by atomic mass is 16.2. The fourth-order valence-electron chi connectivity index (χ4n) is 2.35. The number of ketones is 1. The smallest absolute Gasteiger partial charge is 0.220 e. The van der Waals surface area contributed by atoms with Crippen molar-refractivity contribution < 1.29 is 14.4 Å². The molecule has 0 spiro atoms. The van der Waals surface area contributed by atoms with Crippen LogP contribution in [0, 0.1) is 0 Å². The van der Waals surface area contributed by atoms with Gasteiger partial charge in [-0.1, -0.05) is 19.4 Å². The quantitative estimate of drug-likeness (QED) is 0.351. The summed E-state index contributed by atoms with van der Waals surface area (Å²) in [6, 6.07) is 0. The van der Waals surface area contributed by atoms with E-state index in [0.717, 1.165) is 45.1 Å². The largest absolute Gasteiger partial charge is 0.391 e. The molecule has 0 radical (unpaired) electrons. The Hall–Kier alpha value is -1.85. The van der Waals surface area contributed by atoms with Crippen molar-refractivity contribution in [3.05, 3.63) is 12.8 Å². The van der Waals surface area contributed by atoms with Gasteiger partial charge in [-0.05, 0) is 45.2 Å². The van der Waals surface area contributed by atoms with Crippen molar-refractivity contribution in [2.45, 2.75) is 71.1 Å². The minimum Gasteiger partial charge on any atom is -0.391 e. The molecule has 0 aromatic rings. The van der Waals surface area contributed by atoms with Crippen LogP contribution in [0.5, 0.6) is 0 Å². The summed E-state index contributed by atoms with van der Waals surface area (Å²) >= 11 is 0. The number of Topliss-reactive ketones (excluding diaryl/α,β-unsaturated/α-hetero) is 1. The number of unbranched alkanes of at least 4 members (excludes halogenated alkanes) is 4. The molecule has 0 aliphatic rings.